The largest absolute Gasteiger partial charge is 0.378 e. The molecule has 0 spiro atoms. The van der Waals surface area contributed by atoms with E-state index >= 15 is 0 Å². The van der Waals surface area contributed by atoms with Crippen molar-refractivity contribution in [1.29, 1.82) is 0 Å². The van der Waals surface area contributed by atoms with E-state index in [0.29, 0.717) is 24.8 Å². The summed E-state index contributed by atoms with van der Waals surface area (Å²) in [5.74, 6) is 0.110. The maximum atomic E-state index is 14.7. The first-order valence-corrected chi connectivity index (χ1v) is 10.5. The summed E-state index contributed by atoms with van der Waals surface area (Å²) in [7, 11) is 0. The molecule has 1 N–H and O–H groups in total. The summed E-state index contributed by atoms with van der Waals surface area (Å²) in [4.78, 5) is 11.2. The topological polar surface area (TPSA) is 54.7 Å². The van der Waals surface area contributed by atoms with Crippen molar-refractivity contribution in [2.24, 2.45) is 0 Å². The van der Waals surface area contributed by atoms with Gasteiger partial charge in [-0.3, -0.25) is 4.40 Å². The van der Waals surface area contributed by atoms with Crippen molar-refractivity contribution >= 4 is 28.2 Å². The smallest absolute Gasteiger partial charge is 0.266 e. The van der Waals surface area contributed by atoms with Crippen LogP contribution in [0.25, 0.3) is 16.7 Å². The number of imidazole rings is 1. The number of hydrogen-bond donors (Lipinski definition) is 1. The Hall–Kier alpha value is -3.33. The first-order valence-electron chi connectivity index (χ1n) is 10.5. The third-order valence-corrected chi connectivity index (χ3v) is 5.82. The van der Waals surface area contributed by atoms with Gasteiger partial charge in [0.15, 0.2) is 0 Å². The van der Waals surface area contributed by atoms with Crippen LogP contribution in [-0.2, 0) is 4.74 Å². The zero-order valence-corrected chi connectivity index (χ0v) is 17.4. The molecule has 0 unspecified atom stereocenters. The molecule has 0 amide bonds. The van der Waals surface area contributed by atoms with Crippen LogP contribution in [0, 0.1) is 5.82 Å². The summed E-state index contributed by atoms with van der Waals surface area (Å²) in [5.41, 5.74) is 1.47. The maximum Gasteiger partial charge on any atom is 0.266 e. The SMILES string of the molecule is C[C@@H](Nc1nc2nccn2c2ccc(N3CCOCC3)cc12)c1cccc(C(F)F)c1F. The Bertz CT molecular complexity index is 1270. The Morgan fingerprint density at radius 2 is 1.88 bits per heavy atom. The van der Waals surface area contributed by atoms with Crippen LogP contribution in [0.2, 0.25) is 0 Å². The standard InChI is InChI=1S/C23H22F3N5O/c1-14(16-3-2-4-17(20(16)24)21(25)26)28-22-18-13-15(30-9-11-32-12-10-30)5-6-19(18)31-8-7-27-23(31)29-22/h2-8,13-14,21H,9-12H2,1H3,(H,27,28,29)/t14-/m1/s1. The van der Waals surface area contributed by atoms with E-state index in [1.807, 2.05) is 28.8 Å². The van der Waals surface area contributed by atoms with Crippen LogP contribution in [0.15, 0.2) is 48.8 Å². The molecule has 2 aromatic heterocycles. The number of halogens is 3. The Labute approximate surface area is 182 Å². The summed E-state index contributed by atoms with van der Waals surface area (Å²) < 4.78 is 48.4. The molecule has 5 rings (SSSR count). The van der Waals surface area contributed by atoms with Crippen LogP contribution in [0.3, 0.4) is 0 Å². The zero-order valence-electron chi connectivity index (χ0n) is 17.4. The van der Waals surface area contributed by atoms with Crippen LogP contribution in [-0.4, -0.2) is 40.7 Å². The van der Waals surface area contributed by atoms with E-state index in [1.165, 1.54) is 12.1 Å². The summed E-state index contributed by atoms with van der Waals surface area (Å²) in [6.45, 7) is 4.63. The van der Waals surface area contributed by atoms with Crippen LogP contribution >= 0.6 is 0 Å². The van der Waals surface area contributed by atoms with Gasteiger partial charge in [0.1, 0.15) is 11.6 Å². The highest BCUT2D eigenvalue weighted by molar-refractivity contribution is 5.93. The highest BCUT2D eigenvalue weighted by Crippen LogP contribution is 2.32. The van der Waals surface area contributed by atoms with E-state index in [1.54, 1.807) is 13.1 Å². The number of ether oxygens (including phenoxy) is 1. The average Bonchev–Trinajstić information content (AvgIpc) is 3.28. The lowest BCUT2D eigenvalue weighted by Gasteiger charge is -2.29. The van der Waals surface area contributed by atoms with Gasteiger partial charge in [-0.2, -0.15) is 4.98 Å². The summed E-state index contributed by atoms with van der Waals surface area (Å²) >= 11 is 0. The second-order valence-electron chi connectivity index (χ2n) is 7.78. The second kappa shape index (κ2) is 8.31. The van der Waals surface area contributed by atoms with E-state index in [0.717, 1.165) is 35.7 Å². The number of benzene rings is 2. The normalized spacial score (nSPS) is 15.6. The zero-order chi connectivity index (χ0) is 22.2. The van der Waals surface area contributed by atoms with Crippen molar-refractivity contribution in [1.82, 2.24) is 14.4 Å². The first-order chi connectivity index (χ1) is 15.5. The van der Waals surface area contributed by atoms with E-state index in [2.05, 4.69) is 20.2 Å². The molecule has 0 bridgehead atoms. The van der Waals surface area contributed by atoms with E-state index in [9.17, 15) is 13.2 Å². The molecule has 0 aliphatic carbocycles. The molecule has 2 aromatic carbocycles. The van der Waals surface area contributed by atoms with Crippen LogP contribution in [0.1, 0.15) is 30.5 Å². The molecule has 4 aromatic rings. The van der Waals surface area contributed by atoms with Gasteiger partial charge in [-0.25, -0.2) is 18.2 Å². The molecule has 6 nitrogen and oxygen atoms in total. The molecule has 32 heavy (non-hydrogen) atoms. The third kappa shape index (κ3) is 3.62. The highest BCUT2D eigenvalue weighted by Gasteiger charge is 2.21. The summed E-state index contributed by atoms with van der Waals surface area (Å²) in [6, 6.07) is 9.56. The van der Waals surface area contributed by atoms with Crippen molar-refractivity contribution in [3.63, 3.8) is 0 Å². The molecule has 1 saturated heterocycles. The number of nitrogens with zero attached hydrogens (tertiary/aromatic N) is 4. The highest BCUT2D eigenvalue weighted by atomic mass is 19.3. The predicted molar refractivity (Wildman–Crippen MR) is 117 cm³/mol. The van der Waals surface area contributed by atoms with Gasteiger partial charge in [0.25, 0.3) is 6.43 Å². The van der Waals surface area contributed by atoms with Gasteiger partial charge >= 0.3 is 0 Å². The summed E-state index contributed by atoms with van der Waals surface area (Å²) in [5, 5.41) is 4.06. The lowest BCUT2D eigenvalue weighted by atomic mass is 10.0. The summed E-state index contributed by atoms with van der Waals surface area (Å²) in [6.07, 6.45) is 0.618. The number of morpholine rings is 1. The molecule has 0 saturated carbocycles. The van der Waals surface area contributed by atoms with Gasteiger partial charge in [-0.15, -0.1) is 0 Å². The number of hydrogen-bond acceptors (Lipinski definition) is 5. The molecule has 1 aliphatic rings. The number of aromatic nitrogens is 3. The monoisotopic (exact) mass is 441 g/mol. The Morgan fingerprint density at radius 1 is 1.09 bits per heavy atom. The minimum absolute atomic E-state index is 0.158. The lowest BCUT2D eigenvalue weighted by Crippen LogP contribution is -2.36. The minimum Gasteiger partial charge on any atom is -0.378 e. The van der Waals surface area contributed by atoms with Gasteiger partial charge < -0.3 is 15.0 Å². The Morgan fingerprint density at radius 3 is 2.66 bits per heavy atom. The number of alkyl halides is 2. The molecule has 166 valence electrons. The Balaban J connectivity index is 1.58. The van der Waals surface area contributed by atoms with Crippen LogP contribution in [0.4, 0.5) is 24.7 Å². The quantitative estimate of drug-likeness (QED) is 0.474. The maximum absolute atomic E-state index is 14.7. The number of nitrogens with one attached hydrogen (secondary N) is 1. The van der Waals surface area contributed by atoms with E-state index in [-0.39, 0.29) is 5.56 Å². The third-order valence-electron chi connectivity index (χ3n) is 5.82. The fourth-order valence-corrected chi connectivity index (χ4v) is 4.13. The Kier molecular flexibility index (Phi) is 5.34. The van der Waals surface area contributed by atoms with Gasteiger partial charge in [-0.1, -0.05) is 18.2 Å². The van der Waals surface area contributed by atoms with Crippen molar-refractivity contribution in [3.8, 4) is 0 Å². The van der Waals surface area contributed by atoms with Crippen molar-refractivity contribution in [3.05, 3.63) is 65.7 Å². The molecule has 1 atom stereocenters. The molecule has 0 radical (unpaired) electrons. The first kappa shape index (κ1) is 20.6. The predicted octanol–water partition coefficient (Wildman–Crippen LogP) is 4.97. The van der Waals surface area contributed by atoms with Gasteiger partial charge in [0, 0.05) is 42.1 Å². The molecule has 9 heteroatoms. The van der Waals surface area contributed by atoms with Crippen molar-refractivity contribution < 1.29 is 17.9 Å². The van der Waals surface area contributed by atoms with Crippen LogP contribution in [0.5, 0.6) is 0 Å². The number of fused-ring (bicyclic) bond motifs is 3. The molecule has 3 heterocycles. The average molecular weight is 441 g/mol. The minimum atomic E-state index is -2.88. The molecule has 1 fully saturated rings. The van der Waals surface area contributed by atoms with E-state index < -0.39 is 23.8 Å². The second-order valence-corrected chi connectivity index (χ2v) is 7.78. The van der Waals surface area contributed by atoms with Crippen molar-refractivity contribution in [2.45, 2.75) is 19.4 Å². The number of rotatable bonds is 5. The lowest BCUT2D eigenvalue weighted by molar-refractivity contribution is 0.122. The van der Waals surface area contributed by atoms with Crippen LogP contribution < -0.4 is 10.2 Å². The van der Waals surface area contributed by atoms with Gasteiger partial charge in [0.2, 0.25) is 5.78 Å². The molecular weight excluding hydrogens is 419 g/mol. The molecular formula is C23H22F3N5O. The fraction of sp³-hybridized carbons (Fsp3) is 0.304. The van der Waals surface area contributed by atoms with E-state index in [4.69, 9.17) is 4.74 Å². The fourth-order valence-electron chi connectivity index (χ4n) is 4.13. The number of anilines is 2. The van der Waals surface area contributed by atoms with Gasteiger partial charge in [-0.05, 0) is 25.1 Å². The van der Waals surface area contributed by atoms with Gasteiger partial charge in [0.05, 0.1) is 30.3 Å². The molecule has 1 aliphatic heterocycles. The van der Waals surface area contributed by atoms with Crippen molar-refractivity contribution in [2.75, 3.05) is 36.5 Å².